The lowest BCUT2D eigenvalue weighted by Gasteiger charge is -2.19. The number of carbonyl (C=O) groups is 3. The van der Waals surface area contributed by atoms with Crippen molar-refractivity contribution in [3.05, 3.63) is 0 Å². The third-order valence-electron chi connectivity index (χ3n) is 3.91. The van der Waals surface area contributed by atoms with Crippen molar-refractivity contribution < 1.29 is 19.1 Å². The molecule has 1 aliphatic rings. The molecule has 0 unspecified atom stereocenters. The van der Waals surface area contributed by atoms with Crippen LogP contribution in [0.15, 0.2) is 0 Å². The largest absolute Gasteiger partial charge is 0.466 e. The molecule has 0 aromatic rings. The molecule has 0 spiro atoms. The number of hydrogen-bond donors (Lipinski definition) is 2. The number of carbonyl (C=O) groups excluding carboxylic acids is 3. The lowest BCUT2D eigenvalue weighted by atomic mass is 10.00. The molecule has 1 fully saturated rings. The Morgan fingerprint density at radius 3 is 2.43 bits per heavy atom. The van der Waals surface area contributed by atoms with E-state index in [9.17, 15) is 14.4 Å². The van der Waals surface area contributed by atoms with Crippen LogP contribution < -0.4 is 11.1 Å². The van der Waals surface area contributed by atoms with Gasteiger partial charge in [0.1, 0.15) is 6.04 Å². The first-order valence-corrected chi connectivity index (χ1v) is 7.69. The van der Waals surface area contributed by atoms with Crippen LogP contribution in [-0.4, -0.2) is 30.4 Å². The topological polar surface area (TPSA) is 98.5 Å². The molecule has 0 radical (unpaired) electrons. The van der Waals surface area contributed by atoms with E-state index in [4.69, 9.17) is 10.5 Å². The number of hydrogen-bond acceptors (Lipinski definition) is 4. The zero-order valence-electron chi connectivity index (χ0n) is 12.9. The highest BCUT2D eigenvalue weighted by atomic mass is 16.5. The van der Waals surface area contributed by atoms with E-state index in [1.165, 1.54) is 0 Å². The lowest BCUT2D eigenvalue weighted by molar-refractivity contribution is -0.148. The van der Waals surface area contributed by atoms with Crippen molar-refractivity contribution in [1.82, 2.24) is 5.32 Å². The van der Waals surface area contributed by atoms with Crippen LogP contribution in [0.1, 0.15) is 52.4 Å². The maximum atomic E-state index is 12.0. The van der Waals surface area contributed by atoms with E-state index in [2.05, 4.69) is 5.32 Å². The number of rotatable bonds is 8. The fourth-order valence-corrected chi connectivity index (χ4v) is 2.71. The van der Waals surface area contributed by atoms with Crippen molar-refractivity contribution in [3.63, 3.8) is 0 Å². The molecule has 21 heavy (non-hydrogen) atoms. The van der Waals surface area contributed by atoms with Gasteiger partial charge in [-0.05, 0) is 32.1 Å². The highest BCUT2D eigenvalue weighted by molar-refractivity contribution is 5.87. The lowest BCUT2D eigenvalue weighted by Crippen LogP contribution is -2.46. The third-order valence-corrected chi connectivity index (χ3v) is 3.91. The molecule has 0 aromatic heterocycles. The molecule has 0 aliphatic heterocycles. The molecule has 0 bridgehead atoms. The minimum atomic E-state index is -0.821. The van der Waals surface area contributed by atoms with Crippen molar-refractivity contribution in [3.8, 4) is 0 Å². The summed E-state index contributed by atoms with van der Waals surface area (Å²) in [6, 6.07) is -0.821. The Hall–Kier alpha value is -1.59. The van der Waals surface area contributed by atoms with Crippen molar-refractivity contribution in [2.24, 2.45) is 17.6 Å². The van der Waals surface area contributed by atoms with E-state index >= 15 is 0 Å². The van der Waals surface area contributed by atoms with Crippen molar-refractivity contribution in [1.29, 1.82) is 0 Å². The molecule has 120 valence electrons. The quantitative estimate of drug-likeness (QED) is 0.656. The average molecular weight is 298 g/mol. The molecule has 0 saturated heterocycles. The summed E-state index contributed by atoms with van der Waals surface area (Å²) in [4.78, 5) is 35.0. The molecular weight excluding hydrogens is 272 g/mol. The SMILES string of the molecule is CCOC(=O)[C@H](C)C[C@H](NC(=O)CC1CCCC1)C(N)=O. The van der Waals surface area contributed by atoms with Crippen LogP contribution in [0.5, 0.6) is 0 Å². The van der Waals surface area contributed by atoms with Crippen molar-refractivity contribution in [2.75, 3.05) is 6.61 Å². The van der Waals surface area contributed by atoms with E-state index in [0.717, 1.165) is 25.7 Å². The van der Waals surface area contributed by atoms with Gasteiger partial charge < -0.3 is 15.8 Å². The molecule has 1 aliphatic carbocycles. The number of amides is 2. The van der Waals surface area contributed by atoms with Crippen LogP contribution >= 0.6 is 0 Å². The maximum Gasteiger partial charge on any atom is 0.308 e. The molecule has 1 rings (SSSR count). The van der Waals surface area contributed by atoms with Gasteiger partial charge in [0.25, 0.3) is 0 Å². The summed E-state index contributed by atoms with van der Waals surface area (Å²) in [6.45, 7) is 3.68. The fourth-order valence-electron chi connectivity index (χ4n) is 2.71. The molecule has 1 saturated carbocycles. The second kappa shape index (κ2) is 8.64. The molecule has 0 heterocycles. The van der Waals surface area contributed by atoms with Gasteiger partial charge >= 0.3 is 5.97 Å². The summed E-state index contributed by atoms with van der Waals surface area (Å²) in [6.07, 6.45) is 5.05. The predicted octanol–water partition coefficient (Wildman–Crippen LogP) is 1.13. The summed E-state index contributed by atoms with van der Waals surface area (Å²) in [5.74, 6) is -1.24. The Kier molecular flexibility index (Phi) is 7.19. The smallest absolute Gasteiger partial charge is 0.308 e. The molecule has 0 aromatic carbocycles. The fraction of sp³-hybridized carbons (Fsp3) is 0.800. The number of nitrogens with two attached hydrogens (primary N) is 1. The molecule has 3 N–H and O–H groups in total. The predicted molar refractivity (Wildman–Crippen MR) is 78.1 cm³/mol. The second-order valence-electron chi connectivity index (χ2n) is 5.77. The Morgan fingerprint density at radius 1 is 1.29 bits per heavy atom. The summed E-state index contributed by atoms with van der Waals surface area (Å²) < 4.78 is 4.89. The first-order chi connectivity index (χ1) is 9.93. The zero-order valence-corrected chi connectivity index (χ0v) is 12.9. The normalized spacial score (nSPS) is 18.0. The Morgan fingerprint density at radius 2 is 1.90 bits per heavy atom. The van der Waals surface area contributed by atoms with E-state index < -0.39 is 17.9 Å². The molecular formula is C15H26N2O4. The van der Waals surface area contributed by atoms with Gasteiger partial charge in [0, 0.05) is 6.42 Å². The van der Waals surface area contributed by atoms with Crippen LogP contribution in [0.2, 0.25) is 0 Å². The second-order valence-corrected chi connectivity index (χ2v) is 5.77. The standard InChI is InChI=1S/C15H26N2O4/c1-3-21-15(20)10(2)8-12(14(16)19)17-13(18)9-11-6-4-5-7-11/h10-12H,3-9H2,1-2H3,(H2,16,19)(H,17,18)/t10-,12+/m1/s1. The van der Waals surface area contributed by atoms with Crippen LogP contribution in [-0.2, 0) is 19.1 Å². The molecule has 2 atom stereocenters. The van der Waals surface area contributed by atoms with E-state index in [1.54, 1.807) is 13.8 Å². The van der Waals surface area contributed by atoms with E-state index in [-0.39, 0.29) is 18.3 Å². The van der Waals surface area contributed by atoms with Gasteiger partial charge in [0.2, 0.25) is 11.8 Å². The van der Waals surface area contributed by atoms with Gasteiger partial charge in [0.05, 0.1) is 12.5 Å². The Labute approximate surface area is 125 Å². The number of ether oxygens (including phenoxy) is 1. The minimum absolute atomic E-state index is 0.165. The summed E-state index contributed by atoms with van der Waals surface area (Å²) >= 11 is 0. The number of nitrogens with one attached hydrogen (secondary N) is 1. The number of primary amides is 1. The molecule has 6 heteroatoms. The Bertz CT molecular complexity index is 378. The number of esters is 1. The third kappa shape index (κ3) is 6.14. The van der Waals surface area contributed by atoms with Gasteiger partial charge in [-0.3, -0.25) is 14.4 Å². The highest BCUT2D eigenvalue weighted by Gasteiger charge is 2.26. The van der Waals surface area contributed by atoms with Crippen LogP contribution in [0, 0.1) is 11.8 Å². The van der Waals surface area contributed by atoms with Gasteiger partial charge in [0.15, 0.2) is 0 Å². The van der Waals surface area contributed by atoms with Crippen molar-refractivity contribution >= 4 is 17.8 Å². The average Bonchev–Trinajstić information content (AvgIpc) is 2.90. The van der Waals surface area contributed by atoms with Crippen molar-refractivity contribution in [2.45, 2.75) is 58.4 Å². The molecule has 2 amide bonds. The molecule has 6 nitrogen and oxygen atoms in total. The minimum Gasteiger partial charge on any atom is -0.466 e. The van der Waals surface area contributed by atoms with Crippen LogP contribution in [0.3, 0.4) is 0 Å². The monoisotopic (exact) mass is 298 g/mol. The summed E-state index contributed by atoms with van der Waals surface area (Å²) in [5, 5.41) is 2.65. The van der Waals surface area contributed by atoms with Crippen LogP contribution in [0.25, 0.3) is 0 Å². The van der Waals surface area contributed by atoms with Gasteiger partial charge in [-0.2, -0.15) is 0 Å². The first kappa shape index (κ1) is 17.5. The first-order valence-electron chi connectivity index (χ1n) is 7.69. The summed E-state index contributed by atoms with van der Waals surface area (Å²) in [5.41, 5.74) is 5.31. The summed E-state index contributed by atoms with van der Waals surface area (Å²) in [7, 11) is 0. The van der Waals surface area contributed by atoms with Gasteiger partial charge in [-0.1, -0.05) is 19.8 Å². The van der Waals surface area contributed by atoms with Crippen LogP contribution in [0.4, 0.5) is 0 Å². The zero-order chi connectivity index (χ0) is 15.8. The van der Waals surface area contributed by atoms with E-state index in [1.807, 2.05) is 0 Å². The Balaban J connectivity index is 2.46. The van der Waals surface area contributed by atoms with Gasteiger partial charge in [-0.15, -0.1) is 0 Å². The highest BCUT2D eigenvalue weighted by Crippen LogP contribution is 2.27. The van der Waals surface area contributed by atoms with Gasteiger partial charge in [-0.25, -0.2) is 0 Å². The van der Waals surface area contributed by atoms with E-state index in [0.29, 0.717) is 18.9 Å². The maximum absolute atomic E-state index is 12.0.